The summed E-state index contributed by atoms with van der Waals surface area (Å²) in [6, 6.07) is 0. The Morgan fingerprint density at radius 3 is 2.56 bits per heavy atom. The molecule has 2 unspecified atom stereocenters. The molecular weight excluding hydrogens is 198 g/mol. The summed E-state index contributed by atoms with van der Waals surface area (Å²) >= 11 is 0. The van der Waals surface area contributed by atoms with E-state index in [0.717, 1.165) is 37.5 Å². The van der Waals surface area contributed by atoms with Crippen LogP contribution in [0.4, 0.5) is 0 Å². The van der Waals surface area contributed by atoms with Crippen LogP contribution in [0.15, 0.2) is 0 Å². The van der Waals surface area contributed by atoms with Crippen LogP contribution in [0.5, 0.6) is 0 Å². The first kappa shape index (κ1) is 12.4. The molecule has 2 atom stereocenters. The zero-order chi connectivity index (χ0) is 11.4. The topological polar surface area (TPSA) is 21.3 Å². The highest BCUT2D eigenvalue weighted by molar-refractivity contribution is 4.86. The van der Waals surface area contributed by atoms with Crippen molar-refractivity contribution in [1.82, 2.24) is 5.32 Å². The predicted octanol–water partition coefficient (Wildman–Crippen LogP) is 2.83. The van der Waals surface area contributed by atoms with Crippen molar-refractivity contribution in [2.24, 2.45) is 17.8 Å². The van der Waals surface area contributed by atoms with Gasteiger partial charge in [0.1, 0.15) is 0 Å². The van der Waals surface area contributed by atoms with Crippen LogP contribution in [-0.4, -0.2) is 25.8 Å². The number of hydrogen-bond donors (Lipinski definition) is 1. The van der Waals surface area contributed by atoms with Crippen LogP contribution in [0, 0.1) is 17.8 Å². The molecule has 1 aliphatic heterocycles. The molecule has 0 amide bonds. The molecule has 1 aliphatic carbocycles. The lowest BCUT2D eigenvalue weighted by Crippen LogP contribution is -2.35. The molecule has 1 N–H and O–H groups in total. The van der Waals surface area contributed by atoms with Crippen molar-refractivity contribution in [3.05, 3.63) is 0 Å². The van der Waals surface area contributed by atoms with E-state index >= 15 is 0 Å². The molecule has 2 heteroatoms. The van der Waals surface area contributed by atoms with E-state index in [4.69, 9.17) is 4.74 Å². The quantitative estimate of drug-likeness (QED) is 0.794. The molecule has 0 radical (unpaired) electrons. The third-order valence-corrected chi connectivity index (χ3v) is 4.45. The summed E-state index contributed by atoms with van der Waals surface area (Å²) in [7, 11) is 0. The summed E-state index contributed by atoms with van der Waals surface area (Å²) in [5.74, 6) is 2.57. The smallest absolute Gasteiger partial charge is 0.0644 e. The van der Waals surface area contributed by atoms with Gasteiger partial charge in [-0.2, -0.15) is 0 Å². The molecule has 1 heterocycles. The highest BCUT2D eigenvalue weighted by Crippen LogP contribution is 2.37. The predicted molar refractivity (Wildman–Crippen MR) is 67.5 cm³/mol. The Morgan fingerprint density at radius 1 is 1.12 bits per heavy atom. The van der Waals surface area contributed by atoms with Crippen LogP contribution in [-0.2, 0) is 4.74 Å². The van der Waals surface area contributed by atoms with Crippen molar-refractivity contribution in [3.63, 3.8) is 0 Å². The average Bonchev–Trinajstić information content (AvgIpc) is 2.75. The van der Waals surface area contributed by atoms with Crippen molar-refractivity contribution in [2.45, 2.75) is 52.1 Å². The molecule has 0 aromatic rings. The Labute approximate surface area is 100 Å². The summed E-state index contributed by atoms with van der Waals surface area (Å²) in [4.78, 5) is 0. The van der Waals surface area contributed by atoms with E-state index in [9.17, 15) is 0 Å². The summed E-state index contributed by atoms with van der Waals surface area (Å²) in [6.45, 7) is 7.82. The minimum Gasteiger partial charge on any atom is -0.378 e. The van der Waals surface area contributed by atoms with E-state index in [1.807, 2.05) is 0 Å². The van der Waals surface area contributed by atoms with Crippen LogP contribution in [0.3, 0.4) is 0 Å². The molecule has 0 aromatic heterocycles. The monoisotopic (exact) mass is 225 g/mol. The maximum absolute atomic E-state index is 6.00. The van der Waals surface area contributed by atoms with E-state index < -0.39 is 0 Å². The molecule has 0 aromatic carbocycles. The van der Waals surface area contributed by atoms with Crippen LogP contribution >= 0.6 is 0 Å². The zero-order valence-electron chi connectivity index (χ0n) is 10.9. The molecule has 1 saturated heterocycles. The van der Waals surface area contributed by atoms with Crippen LogP contribution in [0.1, 0.15) is 46.0 Å². The fourth-order valence-electron chi connectivity index (χ4n) is 3.34. The molecule has 2 aliphatic rings. The fourth-order valence-corrected chi connectivity index (χ4v) is 3.34. The average molecular weight is 225 g/mol. The number of nitrogens with one attached hydrogen (secondary N) is 1. The van der Waals surface area contributed by atoms with Crippen LogP contribution in [0.2, 0.25) is 0 Å². The summed E-state index contributed by atoms with van der Waals surface area (Å²) < 4.78 is 6.00. The van der Waals surface area contributed by atoms with Gasteiger partial charge in [0, 0.05) is 19.1 Å². The van der Waals surface area contributed by atoms with Crippen molar-refractivity contribution < 1.29 is 4.74 Å². The van der Waals surface area contributed by atoms with Gasteiger partial charge in [-0.25, -0.2) is 0 Å². The summed E-state index contributed by atoms with van der Waals surface area (Å²) in [5.41, 5.74) is 0. The summed E-state index contributed by atoms with van der Waals surface area (Å²) in [6.07, 6.45) is 7.45. The second-order valence-corrected chi connectivity index (χ2v) is 5.71. The molecule has 2 fully saturated rings. The van der Waals surface area contributed by atoms with Gasteiger partial charge in [0.2, 0.25) is 0 Å². The Kier molecular flexibility index (Phi) is 4.66. The number of ether oxygens (including phenoxy) is 1. The second-order valence-electron chi connectivity index (χ2n) is 5.71. The largest absolute Gasteiger partial charge is 0.378 e. The molecule has 0 spiro atoms. The Balaban J connectivity index is 1.82. The maximum Gasteiger partial charge on any atom is 0.0644 e. The lowest BCUT2D eigenvalue weighted by atomic mass is 9.77. The first-order valence-corrected chi connectivity index (χ1v) is 7.13. The molecule has 1 saturated carbocycles. The van der Waals surface area contributed by atoms with Gasteiger partial charge in [-0.3, -0.25) is 0 Å². The first-order valence-electron chi connectivity index (χ1n) is 7.13. The van der Waals surface area contributed by atoms with E-state index in [1.165, 1.54) is 32.1 Å². The minimum atomic E-state index is 0.562. The van der Waals surface area contributed by atoms with Gasteiger partial charge in [0.25, 0.3) is 0 Å². The van der Waals surface area contributed by atoms with Gasteiger partial charge in [-0.05, 0) is 37.6 Å². The van der Waals surface area contributed by atoms with Gasteiger partial charge in [0.15, 0.2) is 0 Å². The molecular formula is C14H27NO. The Morgan fingerprint density at radius 2 is 1.88 bits per heavy atom. The maximum atomic E-state index is 6.00. The minimum absolute atomic E-state index is 0.562. The summed E-state index contributed by atoms with van der Waals surface area (Å²) in [5, 5.41) is 3.49. The van der Waals surface area contributed by atoms with Gasteiger partial charge < -0.3 is 10.1 Å². The molecule has 2 nitrogen and oxygen atoms in total. The standard InChI is InChI=1S/C14H27NO/c1-3-15-10-13-8-9-16-14(13)12-6-4-11(2)5-7-12/h11-15H,3-10H2,1-2H3. The van der Waals surface area contributed by atoms with E-state index in [1.54, 1.807) is 0 Å². The van der Waals surface area contributed by atoms with Crippen molar-refractivity contribution >= 4 is 0 Å². The zero-order valence-corrected chi connectivity index (χ0v) is 10.9. The van der Waals surface area contributed by atoms with Crippen molar-refractivity contribution in [3.8, 4) is 0 Å². The van der Waals surface area contributed by atoms with Crippen molar-refractivity contribution in [1.29, 1.82) is 0 Å². The first-order chi connectivity index (χ1) is 7.81. The van der Waals surface area contributed by atoms with Crippen molar-refractivity contribution in [2.75, 3.05) is 19.7 Å². The molecule has 16 heavy (non-hydrogen) atoms. The lowest BCUT2D eigenvalue weighted by molar-refractivity contribution is 0.0217. The third-order valence-electron chi connectivity index (χ3n) is 4.45. The van der Waals surface area contributed by atoms with Gasteiger partial charge in [-0.1, -0.05) is 26.7 Å². The number of hydrogen-bond acceptors (Lipinski definition) is 2. The van der Waals surface area contributed by atoms with Gasteiger partial charge >= 0.3 is 0 Å². The van der Waals surface area contributed by atoms with E-state index in [0.29, 0.717) is 6.10 Å². The van der Waals surface area contributed by atoms with Crippen LogP contribution in [0.25, 0.3) is 0 Å². The normalized spacial score (nSPS) is 40.1. The third kappa shape index (κ3) is 2.98. The fraction of sp³-hybridized carbons (Fsp3) is 1.00. The second kappa shape index (κ2) is 6.02. The lowest BCUT2D eigenvalue weighted by Gasteiger charge is -2.33. The van der Waals surface area contributed by atoms with E-state index in [-0.39, 0.29) is 0 Å². The Hall–Kier alpha value is -0.0800. The van der Waals surface area contributed by atoms with E-state index in [2.05, 4.69) is 19.2 Å². The molecule has 94 valence electrons. The van der Waals surface area contributed by atoms with Crippen LogP contribution < -0.4 is 5.32 Å². The highest BCUT2D eigenvalue weighted by atomic mass is 16.5. The molecule has 0 bridgehead atoms. The SMILES string of the molecule is CCNCC1CCOC1C1CCC(C)CC1. The highest BCUT2D eigenvalue weighted by Gasteiger charge is 2.35. The van der Waals surface area contributed by atoms with Gasteiger partial charge in [-0.15, -0.1) is 0 Å². The molecule has 2 rings (SSSR count). The number of rotatable bonds is 4. The van der Waals surface area contributed by atoms with Gasteiger partial charge in [0.05, 0.1) is 6.10 Å². The Bertz CT molecular complexity index is 199.